The fourth-order valence-corrected chi connectivity index (χ4v) is 0.557. The number of nitrogens with one attached hydrogen (secondary N) is 1. The van der Waals surface area contributed by atoms with E-state index in [0.717, 1.165) is 6.42 Å². The predicted octanol–water partition coefficient (Wildman–Crippen LogP) is 0.261. The van der Waals surface area contributed by atoms with Gasteiger partial charge in [0.2, 0.25) is 0 Å². The van der Waals surface area contributed by atoms with Crippen molar-refractivity contribution in [2.24, 2.45) is 0 Å². The third-order valence-electron chi connectivity index (χ3n) is 1.26. The highest BCUT2D eigenvalue weighted by atomic mass is 16.3. The van der Waals surface area contributed by atoms with Crippen molar-refractivity contribution < 1.29 is 5.11 Å². The number of aliphatic hydroxyl groups is 1. The molecule has 0 fully saturated rings. The van der Waals surface area contributed by atoms with Gasteiger partial charge in [-0.25, -0.2) is 0 Å². The largest absolute Gasteiger partial charge is 0.392 e. The van der Waals surface area contributed by atoms with Gasteiger partial charge < -0.3 is 10.4 Å². The summed E-state index contributed by atoms with van der Waals surface area (Å²) in [6.45, 7) is 3.20. The lowest BCUT2D eigenvalue weighted by Crippen LogP contribution is -2.26. The molecule has 0 aliphatic heterocycles. The van der Waals surface area contributed by atoms with Crippen molar-refractivity contribution in [3.63, 3.8) is 0 Å². The Morgan fingerprint density at radius 1 is 1.70 bits per heavy atom. The third kappa shape index (κ3) is 5.54. The van der Waals surface area contributed by atoms with Crippen molar-refractivity contribution in [1.29, 1.82) is 5.26 Å². The van der Waals surface area contributed by atoms with Crippen LogP contribution in [0.15, 0.2) is 0 Å². The summed E-state index contributed by atoms with van der Waals surface area (Å²) < 4.78 is 0. The molecule has 0 aromatic carbocycles. The number of aliphatic hydroxyl groups excluding tert-OH is 1. The van der Waals surface area contributed by atoms with Crippen molar-refractivity contribution >= 4 is 0 Å². The molecule has 0 saturated heterocycles. The normalized spacial score (nSPS) is 12.5. The van der Waals surface area contributed by atoms with Gasteiger partial charge in [0.05, 0.1) is 12.2 Å². The highest BCUT2D eigenvalue weighted by Gasteiger charge is 1.97. The minimum Gasteiger partial charge on any atom is -0.392 e. The van der Waals surface area contributed by atoms with Crippen LogP contribution >= 0.6 is 0 Å². The molecule has 0 heterocycles. The molecule has 0 spiro atoms. The number of hydrogen-bond donors (Lipinski definition) is 2. The summed E-state index contributed by atoms with van der Waals surface area (Å²) in [5.74, 6) is 0. The standard InChI is InChI=1S/C7H14N2O/c1-2-7(10)6-9-5-3-4-8/h7,9-10H,2-3,5-6H2,1H3. The first-order valence-electron chi connectivity index (χ1n) is 3.57. The van der Waals surface area contributed by atoms with Crippen molar-refractivity contribution in [3.05, 3.63) is 0 Å². The van der Waals surface area contributed by atoms with Gasteiger partial charge in [-0.2, -0.15) is 5.26 Å². The Kier molecular flexibility index (Phi) is 6.14. The number of nitrogens with zero attached hydrogens (tertiary/aromatic N) is 1. The summed E-state index contributed by atoms with van der Waals surface area (Å²) in [5.41, 5.74) is 0. The second-order valence-electron chi connectivity index (χ2n) is 2.17. The lowest BCUT2D eigenvalue weighted by atomic mass is 10.3. The highest BCUT2D eigenvalue weighted by Crippen LogP contribution is 1.85. The molecular weight excluding hydrogens is 128 g/mol. The van der Waals surface area contributed by atoms with Crippen LogP contribution in [0, 0.1) is 11.3 Å². The van der Waals surface area contributed by atoms with Crippen LogP contribution in [0.1, 0.15) is 19.8 Å². The van der Waals surface area contributed by atoms with Crippen LogP contribution in [0.25, 0.3) is 0 Å². The Bertz CT molecular complexity index is 109. The van der Waals surface area contributed by atoms with Crippen molar-refractivity contribution in [3.8, 4) is 6.07 Å². The molecule has 0 aliphatic carbocycles. The van der Waals surface area contributed by atoms with Crippen LogP contribution in [0.2, 0.25) is 0 Å². The Morgan fingerprint density at radius 2 is 2.40 bits per heavy atom. The monoisotopic (exact) mass is 142 g/mol. The molecule has 10 heavy (non-hydrogen) atoms. The third-order valence-corrected chi connectivity index (χ3v) is 1.26. The zero-order valence-corrected chi connectivity index (χ0v) is 6.30. The summed E-state index contributed by atoms with van der Waals surface area (Å²) in [5, 5.41) is 20.1. The molecule has 0 aromatic rings. The number of rotatable bonds is 5. The van der Waals surface area contributed by atoms with Gasteiger partial charge in [0, 0.05) is 19.5 Å². The first kappa shape index (κ1) is 9.41. The summed E-state index contributed by atoms with van der Waals surface area (Å²) in [7, 11) is 0. The molecule has 0 bridgehead atoms. The molecule has 2 N–H and O–H groups in total. The van der Waals surface area contributed by atoms with E-state index < -0.39 is 0 Å². The molecule has 0 aliphatic rings. The first-order valence-corrected chi connectivity index (χ1v) is 3.57. The zero-order valence-electron chi connectivity index (χ0n) is 6.30. The average Bonchev–Trinajstić information content (AvgIpc) is 1.98. The smallest absolute Gasteiger partial charge is 0.0662 e. The summed E-state index contributed by atoms with van der Waals surface area (Å²) >= 11 is 0. The van der Waals surface area contributed by atoms with Crippen LogP contribution in [-0.2, 0) is 0 Å². The van der Waals surface area contributed by atoms with E-state index in [1.807, 2.05) is 13.0 Å². The lowest BCUT2D eigenvalue weighted by molar-refractivity contribution is 0.168. The molecule has 3 nitrogen and oxygen atoms in total. The van der Waals surface area contributed by atoms with E-state index in [1.54, 1.807) is 0 Å². The topological polar surface area (TPSA) is 56.0 Å². The van der Waals surface area contributed by atoms with E-state index in [0.29, 0.717) is 19.5 Å². The summed E-state index contributed by atoms with van der Waals surface area (Å²) in [4.78, 5) is 0. The number of hydrogen-bond acceptors (Lipinski definition) is 3. The van der Waals surface area contributed by atoms with E-state index in [2.05, 4.69) is 5.32 Å². The molecule has 0 aromatic heterocycles. The molecule has 0 rings (SSSR count). The SMILES string of the molecule is CCC(O)CNCCC#N. The second-order valence-corrected chi connectivity index (χ2v) is 2.17. The molecule has 0 radical (unpaired) electrons. The zero-order chi connectivity index (χ0) is 7.82. The van der Waals surface area contributed by atoms with Gasteiger partial charge in [0.25, 0.3) is 0 Å². The van der Waals surface area contributed by atoms with Gasteiger partial charge >= 0.3 is 0 Å². The fourth-order valence-electron chi connectivity index (χ4n) is 0.557. The molecule has 58 valence electrons. The Morgan fingerprint density at radius 3 is 2.90 bits per heavy atom. The average molecular weight is 142 g/mol. The maximum absolute atomic E-state index is 9.01. The minimum atomic E-state index is -0.265. The van der Waals surface area contributed by atoms with Crippen LogP contribution in [-0.4, -0.2) is 24.3 Å². The molecule has 1 atom stereocenters. The first-order chi connectivity index (χ1) is 4.81. The number of nitriles is 1. The molecule has 0 amide bonds. The second kappa shape index (κ2) is 6.53. The quantitative estimate of drug-likeness (QED) is 0.541. The minimum absolute atomic E-state index is 0.265. The van der Waals surface area contributed by atoms with E-state index in [-0.39, 0.29) is 6.10 Å². The molecule has 0 saturated carbocycles. The van der Waals surface area contributed by atoms with Crippen molar-refractivity contribution in [2.45, 2.75) is 25.9 Å². The Balaban J connectivity index is 2.98. The van der Waals surface area contributed by atoms with Gasteiger partial charge in [-0.1, -0.05) is 6.92 Å². The van der Waals surface area contributed by atoms with Crippen LogP contribution in [0.5, 0.6) is 0 Å². The lowest BCUT2D eigenvalue weighted by Gasteiger charge is -2.06. The van der Waals surface area contributed by atoms with Gasteiger partial charge in [0.1, 0.15) is 0 Å². The maximum atomic E-state index is 9.01. The fraction of sp³-hybridized carbons (Fsp3) is 0.857. The van der Waals surface area contributed by atoms with Gasteiger partial charge in [-0.15, -0.1) is 0 Å². The highest BCUT2D eigenvalue weighted by molar-refractivity contribution is 4.70. The van der Waals surface area contributed by atoms with E-state index in [1.165, 1.54) is 0 Å². The van der Waals surface area contributed by atoms with E-state index >= 15 is 0 Å². The van der Waals surface area contributed by atoms with E-state index in [9.17, 15) is 0 Å². The summed E-state index contributed by atoms with van der Waals surface area (Å²) in [6.07, 6.45) is 1.01. The van der Waals surface area contributed by atoms with Crippen molar-refractivity contribution in [2.75, 3.05) is 13.1 Å². The molecule has 1 unspecified atom stereocenters. The predicted molar refractivity (Wildman–Crippen MR) is 39.4 cm³/mol. The molecular formula is C7H14N2O. The van der Waals surface area contributed by atoms with Gasteiger partial charge in [0.15, 0.2) is 0 Å². The van der Waals surface area contributed by atoms with Crippen LogP contribution in [0.4, 0.5) is 0 Å². The Hall–Kier alpha value is -0.590. The maximum Gasteiger partial charge on any atom is 0.0662 e. The van der Waals surface area contributed by atoms with Gasteiger partial charge in [-0.3, -0.25) is 0 Å². The van der Waals surface area contributed by atoms with E-state index in [4.69, 9.17) is 10.4 Å². The van der Waals surface area contributed by atoms with Crippen LogP contribution < -0.4 is 5.32 Å². The van der Waals surface area contributed by atoms with Crippen molar-refractivity contribution in [1.82, 2.24) is 5.32 Å². The Labute approximate surface area is 61.7 Å². The van der Waals surface area contributed by atoms with Crippen LogP contribution in [0.3, 0.4) is 0 Å². The van der Waals surface area contributed by atoms with Gasteiger partial charge in [-0.05, 0) is 6.42 Å². The molecule has 3 heteroatoms. The summed E-state index contributed by atoms with van der Waals surface area (Å²) in [6, 6.07) is 2.02.